The molecule has 1 aliphatic heterocycles. The zero-order valence-electron chi connectivity index (χ0n) is 7.27. The summed E-state index contributed by atoms with van der Waals surface area (Å²) < 4.78 is 50.1. The summed E-state index contributed by atoms with van der Waals surface area (Å²) in [6.07, 6.45) is -4.73. The maximum absolute atomic E-state index is 11.7. The van der Waals surface area contributed by atoms with Crippen LogP contribution in [0.2, 0.25) is 0 Å². The van der Waals surface area contributed by atoms with Gasteiger partial charge in [0.1, 0.15) is 6.04 Å². The minimum Gasteiger partial charge on any atom is -0.318 e. The number of carbonyl (C=O) groups excluding carboxylic acids is 1. The van der Waals surface area contributed by atoms with Crippen molar-refractivity contribution in [3.05, 3.63) is 0 Å². The molecule has 0 saturated carbocycles. The molecule has 6 nitrogen and oxygen atoms in total. The minimum absolute atomic E-state index is 0.287. The van der Waals surface area contributed by atoms with Crippen molar-refractivity contribution < 1.29 is 31.9 Å². The molecule has 2 atom stereocenters. The van der Waals surface area contributed by atoms with E-state index in [1.165, 1.54) is 0 Å². The first-order chi connectivity index (χ1) is 6.63. The van der Waals surface area contributed by atoms with Gasteiger partial charge in [0.2, 0.25) is 5.91 Å². The Bertz CT molecular complexity index is 320. The van der Waals surface area contributed by atoms with E-state index in [1.807, 2.05) is 0 Å². The van der Waals surface area contributed by atoms with E-state index in [2.05, 4.69) is 4.52 Å². The standard InChI is InChI=1S/C5H8F3N2O4P/c6-5(7,8)2-14-15(12,13)10-1-3(9)4(10)11/h3H,1-2,9H2,(H,12,13). The van der Waals surface area contributed by atoms with Gasteiger partial charge in [0.25, 0.3) is 0 Å². The molecule has 1 rings (SSSR count). The van der Waals surface area contributed by atoms with Gasteiger partial charge in [0.05, 0.1) is 6.54 Å². The molecule has 1 aliphatic rings. The third kappa shape index (κ3) is 2.91. The highest BCUT2D eigenvalue weighted by atomic mass is 31.2. The van der Waals surface area contributed by atoms with E-state index in [0.29, 0.717) is 4.67 Å². The first-order valence-electron chi connectivity index (χ1n) is 3.75. The van der Waals surface area contributed by atoms with Crippen LogP contribution in [0.15, 0.2) is 0 Å². The molecule has 88 valence electrons. The Labute approximate surface area is 82.4 Å². The van der Waals surface area contributed by atoms with Crippen LogP contribution in [0.4, 0.5) is 13.2 Å². The van der Waals surface area contributed by atoms with Gasteiger partial charge in [0.15, 0.2) is 6.61 Å². The molecule has 0 radical (unpaired) electrons. The van der Waals surface area contributed by atoms with E-state index in [1.54, 1.807) is 0 Å². The molecular weight excluding hydrogens is 240 g/mol. The van der Waals surface area contributed by atoms with Gasteiger partial charge in [0, 0.05) is 0 Å². The molecule has 0 bridgehead atoms. The number of rotatable bonds is 3. The lowest BCUT2D eigenvalue weighted by molar-refractivity contribution is -0.158. The normalized spacial score (nSPS) is 26.1. The molecule has 0 aliphatic carbocycles. The van der Waals surface area contributed by atoms with Crippen molar-refractivity contribution in [2.24, 2.45) is 5.73 Å². The van der Waals surface area contributed by atoms with E-state index in [0.717, 1.165) is 0 Å². The van der Waals surface area contributed by atoms with Crippen molar-refractivity contribution in [3.63, 3.8) is 0 Å². The lowest BCUT2D eigenvalue weighted by Gasteiger charge is -2.37. The second-order valence-electron chi connectivity index (χ2n) is 2.91. The van der Waals surface area contributed by atoms with Crippen LogP contribution in [0.1, 0.15) is 0 Å². The van der Waals surface area contributed by atoms with Crippen LogP contribution < -0.4 is 5.73 Å². The Hall–Kier alpha value is -0.630. The summed E-state index contributed by atoms with van der Waals surface area (Å²) in [5.74, 6) is -0.900. The van der Waals surface area contributed by atoms with Crippen LogP contribution in [0, 0.1) is 0 Å². The Morgan fingerprint density at radius 1 is 1.67 bits per heavy atom. The van der Waals surface area contributed by atoms with Crippen LogP contribution in [0.25, 0.3) is 0 Å². The number of carbonyl (C=O) groups is 1. The molecule has 1 heterocycles. The maximum atomic E-state index is 11.7. The van der Waals surface area contributed by atoms with Crippen molar-refractivity contribution in [1.29, 1.82) is 0 Å². The largest absolute Gasteiger partial charge is 0.435 e. The zero-order valence-corrected chi connectivity index (χ0v) is 8.16. The summed E-state index contributed by atoms with van der Waals surface area (Å²) in [7, 11) is -4.70. The van der Waals surface area contributed by atoms with E-state index >= 15 is 0 Å². The van der Waals surface area contributed by atoms with Gasteiger partial charge in [-0.3, -0.25) is 9.32 Å². The summed E-state index contributed by atoms with van der Waals surface area (Å²) in [5.41, 5.74) is 5.09. The molecule has 0 aromatic carbocycles. The molecule has 10 heteroatoms. The zero-order chi connectivity index (χ0) is 11.9. The van der Waals surface area contributed by atoms with E-state index in [4.69, 9.17) is 10.6 Å². The molecule has 3 N–H and O–H groups in total. The number of hydrogen-bond acceptors (Lipinski definition) is 4. The Balaban J connectivity index is 2.54. The average Bonchev–Trinajstić information content (AvgIpc) is 2.09. The molecule has 0 spiro atoms. The van der Waals surface area contributed by atoms with Gasteiger partial charge in [-0.2, -0.15) is 13.2 Å². The highest BCUT2D eigenvalue weighted by Gasteiger charge is 2.47. The number of β-lactam (4-membered cyclic amide) rings is 1. The second-order valence-corrected chi connectivity index (χ2v) is 4.63. The monoisotopic (exact) mass is 248 g/mol. The summed E-state index contributed by atoms with van der Waals surface area (Å²) in [5, 5.41) is 0. The molecule has 15 heavy (non-hydrogen) atoms. The van der Waals surface area contributed by atoms with Crippen molar-refractivity contribution in [1.82, 2.24) is 4.67 Å². The number of nitrogens with two attached hydrogens (primary N) is 1. The Morgan fingerprint density at radius 3 is 2.53 bits per heavy atom. The van der Waals surface area contributed by atoms with Gasteiger partial charge in [-0.25, -0.2) is 9.24 Å². The number of hydrogen-bond donors (Lipinski definition) is 2. The highest BCUT2D eigenvalue weighted by molar-refractivity contribution is 7.51. The maximum Gasteiger partial charge on any atom is 0.435 e. The van der Waals surface area contributed by atoms with Crippen molar-refractivity contribution in [2.75, 3.05) is 13.2 Å². The molecule has 1 amide bonds. The minimum atomic E-state index is -4.73. The third-order valence-corrected chi connectivity index (χ3v) is 3.08. The smallest absolute Gasteiger partial charge is 0.318 e. The summed E-state index contributed by atoms with van der Waals surface area (Å²) in [4.78, 5) is 19.8. The van der Waals surface area contributed by atoms with Crippen LogP contribution in [0.3, 0.4) is 0 Å². The summed E-state index contributed by atoms with van der Waals surface area (Å²) >= 11 is 0. The van der Waals surface area contributed by atoms with E-state index in [-0.39, 0.29) is 6.54 Å². The summed E-state index contributed by atoms with van der Waals surface area (Å²) in [6.45, 7) is -2.18. The lowest BCUT2D eigenvalue weighted by atomic mass is 10.2. The van der Waals surface area contributed by atoms with Crippen LogP contribution in [0.5, 0.6) is 0 Å². The number of alkyl halides is 3. The first-order valence-corrected chi connectivity index (χ1v) is 5.28. The number of nitrogens with zero attached hydrogens (tertiary/aromatic N) is 1. The molecule has 0 aromatic rings. The van der Waals surface area contributed by atoms with Gasteiger partial charge in [-0.15, -0.1) is 0 Å². The molecule has 1 fully saturated rings. The predicted octanol–water partition coefficient (Wildman–Crippen LogP) is -0.165. The van der Waals surface area contributed by atoms with Gasteiger partial charge >= 0.3 is 13.9 Å². The quantitative estimate of drug-likeness (QED) is 0.534. The summed E-state index contributed by atoms with van der Waals surface area (Å²) in [6, 6.07) is -0.944. The van der Waals surface area contributed by atoms with Crippen LogP contribution >= 0.6 is 7.75 Å². The number of halogens is 3. The fourth-order valence-electron chi connectivity index (χ4n) is 0.888. The van der Waals surface area contributed by atoms with Crippen molar-refractivity contribution in [2.45, 2.75) is 12.2 Å². The average molecular weight is 248 g/mol. The fourth-order valence-corrected chi connectivity index (χ4v) is 2.12. The molecule has 2 unspecified atom stereocenters. The SMILES string of the molecule is NC1CN(P(=O)(O)OCC(F)(F)F)C1=O. The fraction of sp³-hybridized carbons (Fsp3) is 0.800. The molecular formula is C5H8F3N2O4P. The predicted molar refractivity (Wildman–Crippen MR) is 41.5 cm³/mol. The Kier molecular flexibility index (Phi) is 3.11. The van der Waals surface area contributed by atoms with E-state index < -0.39 is 32.5 Å². The molecule has 0 aromatic heterocycles. The molecule has 1 saturated heterocycles. The van der Waals surface area contributed by atoms with E-state index in [9.17, 15) is 22.5 Å². The second kappa shape index (κ2) is 3.75. The first kappa shape index (κ1) is 12.4. The highest BCUT2D eigenvalue weighted by Crippen LogP contribution is 2.50. The van der Waals surface area contributed by atoms with Crippen molar-refractivity contribution in [3.8, 4) is 0 Å². The van der Waals surface area contributed by atoms with Gasteiger partial charge < -0.3 is 10.6 Å². The number of amides is 1. The topological polar surface area (TPSA) is 92.9 Å². The lowest BCUT2D eigenvalue weighted by Crippen LogP contribution is -2.59. The third-order valence-electron chi connectivity index (χ3n) is 1.64. The van der Waals surface area contributed by atoms with Gasteiger partial charge in [-0.1, -0.05) is 0 Å². The Morgan fingerprint density at radius 2 is 2.20 bits per heavy atom. The van der Waals surface area contributed by atoms with Crippen LogP contribution in [-0.2, 0) is 13.9 Å². The van der Waals surface area contributed by atoms with Crippen molar-refractivity contribution >= 4 is 13.7 Å². The van der Waals surface area contributed by atoms with Crippen LogP contribution in [-0.4, -0.2) is 40.8 Å². The van der Waals surface area contributed by atoms with Gasteiger partial charge in [-0.05, 0) is 0 Å².